The molecular formula is C18H19N7O2. The first-order valence-corrected chi connectivity index (χ1v) is 8.67. The minimum Gasteiger partial charge on any atom is -0.487 e. The van der Waals surface area contributed by atoms with Gasteiger partial charge in [-0.05, 0) is 47.7 Å². The number of likely N-dealkylation sites (tertiary alicyclic amines) is 1. The molecule has 1 unspecified atom stereocenters. The second kappa shape index (κ2) is 7.40. The van der Waals surface area contributed by atoms with Gasteiger partial charge in [0.1, 0.15) is 11.9 Å². The lowest BCUT2D eigenvalue weighted by Gasteiger charge is -2.18. The normalized spacial score (nSPS) is 16.3. The Morgan fingerprint density at radius 3 is 3.00 bits per heavy atom. The molecule has 9 heteroatoms. The zero-order chi connectivity index (χ0) is 18.6. The SMILES string of the molecule is Cc1nnnn1-c1cccc(NC(=O)N2CCC(Oc3cccnc3)C2)c1. The molecule has 0 spiro atoms. The van der Waals surface area contributed by atoms with Crippen molar-refractivity contribution in [2.75, 3.05) is 18.4 Å². The van der Waals surface area contributed by atoms with E-state index in [-0.39, 0.29) is 12.1 Å². The molecule has 138 valence electrons. The van der Waals surface area contributed by atoms with E-state index in [4.69, 9.17) is 4.74 Å². The average Bonchev–Trinajstić information content (AvgIpc) is 3.32. The zero-order valence-corrected chi connectivity index (χ0v) is 14.8. The third-order valence-electron chi connectivity index (χ3n) is 4.34. The number of urea groups is 1. The maximum absolute atomic E-state index is 12.6. The highest BCUT2D eigenvalue weighted by molar-refractivity contribution is 5.89. The van der Waals surface area contributed by atoms with Crippen LogP contribution in [0, 0.1) is 6.92 Å². The maximum atomic E-state index is 12.6. The van der Waals surface area contributed by atoms with E-state index in [1.807, 2.05) is 43.3 Å². The molecule has 3 heterocycles. The van der Waals surface area contributed by atoms with E-state index in [1.54, 1.807) is 22.0 Å². The average molecular weight is 365 g/mol. The Kier molecular flexibility index (Phi) is 4.65. The number of ether oxygens (including phenoxy) is 1. The Morgan fingerprint density at radius 2 is 2.22 bits per heavy atom. The van der Waals surface area contributed by atoms with E-state index in [1.165, 1.54) is 0 Å². The number of amides is 2. The van der Waals surface area contributed by atoms with Crippen molar-refractivity contribution in [3.8, 4) is 11.4 Å². The predicted octanol–water partition coefficient (Wildman–Crippen LogP) is 2.05. The first-order valence-electron chi connectivity index (χ1n) is 8.67. The topological polar surface area (TPSA) is 98.1 Å². The minimum absolute atomic E-state index is 0.0323. The number of carbonyl (C=O) groups excluding carboxylic acids is 1. The van der Waals surface area contributed by atoms with Gasteiger partial charge in [-0.3, -0.25) is 4.98 Å². The third-order valence-corrected chi connectivity index (χ3v) is 4.34. The largest absolute Gasteiger partial charge is 0.487 e. The second-order valence-corrected chi connectivity index (χ2v) is 6.28. The van der Waals surface area contributed by atoms with Gasteiger partial charge in [-0.1, -0.05) is 6.07 Å². The molecule has 1 aliphatic rings. The van der Waals surface area contributed by atoms with Gasteiger partial charge in [-0.2, -0.15) is 4.68 Å². The number of tetrazole rings is 1. The number of nitrogens with zero attached hydrogens (tertiary/aromatic N) is 6. The Bertz CT molecular complexity index is 928. The molecule has 0 radical (unpaired) electrons. The van der Waals surface area contributed by atoms with Crippen LogP contribution in [0.2, 0.25) is 0 Å². The lowest BCUT2D eigenvalue weighted by Crippen LogP contribution is -2.34. The highest BCUT2D eigenvalue weighted by Crippen LogP contribution is 2.19. The van der Waals surface area contributed by atoms with Gasteiger partial charge in [0.05, 0.1) is 18.4 Å². The molecule has 1 atom stereocenters. The van der Waals surface area contributed by atoms with Crippen molar-refractivity contribution >= 4 is 11.7 Å². The molecule has 9 nitrogen and oxygen atoms in total. The van der Waals surface area contributed by atoms with Crippen molar-refractivity contribution in [2.45, 2.75) is 19.4 Å². The smallest absolute Gasteiger partial charge is 0.321 e. The van der Waals surface area contributed by atoms with Gasteiger partial charge < -0.3 is 15.0 Å². The molecule has 1 fully saturated rings. The van der Waals surface area contributed by atoms with Gasteiger partial charge in [-0.25, -0.2) is 4.79 Å². The predicted molar refractivity (Wildman–Crippen MR) is 97.8 cm³/mol. The molecule has 0 saturated carbocycles. The Balaban J connectivity index is 1.38. The van der Waals surface area contributed by atoms with E-state index in [2.05, 4.69) is 25.8 Å². The van der Waals surface area contributed by atoms with Crippen LogP contribution in [0.25, 0.3) is 5.69 Å². The molecular weight excluding hydrogens is 346 g/mol. The van der Waals surface area contributed by atoms with E-state index < -0.39 is 0 Å². The van der Waals surface area contributed by atoms with Crippen LogP contribution in [-0.2, 0) is 0 Å². The molecule has 1 aromatic carbocycles. The number of aryl methyl sites for hydroxylation is 1. The van der Waals surface area contributed by atoms with E-state index in [9.17, 15) is 4.79 Å². The van der Waals surface area contributed by atoms with Gasteiger partial charge in [0, 0.05) is 24.8 Å². The molecule has 2 amide bonds. The second-order valence-electron chi connectivity index (χ2n) is 6.28. The van der Waals surface area contributed by atoms with E-state index in [0.717, 1.165) is 12.1 Å². The summed E-state index contributed by atoms with van der Waals surface area (Å²) in [5.41, 5.74) is 1.47. The van der Waals surface area contributed by atoms with Crippen LogP contribution in [0.5, 0.6) is 5.75 Å². The number of benzene rings is 1. The third kappa shape index (κ3) is 3.86. The monoisotopic (exact) mass is 365 g/mol. The number of hydrogen-bond donors (Lipinski definition) is 1. The Morgan fingerprint density at radius 1 is 1.30 bits per heavy atom. The summed E-state index contributed by atoms with van der Waals surface area (Å²) in [6.45, 7) is 2.99. The lowest BCUT2D eigenvalue weighted by atomic mass is 10.3. The minimum atomic E-state index is -0.155. The first-order chi connectivity index (χ1) is 13.2. The van der Waals surface area contributed by atoms with Gasteiger partial charge in [0.2, 0.25) is 0 Å². The lowest BCUT2D eigenvalue weighted by molar-refractivity contribution is 0.194. The van der Waals surface area contributed by atoms with E-state index in [0.29, 0.717) is 30.4 Å². The molecule has 0 bridgehead atoms. The molecule has 1 aliphatic heterocycles. The highest BCUT2D eigenvalue weighted by atomic mass is 16.5. The number of nitrogens with one attached hydrogen (secondary N) is 1. The summed E-state index contributed by atoms with van der Waals surface area (Å²) < 4.78 is 7.49. The van der Waals surface area contributed by atoms with Gasteiger partial charge in [0.15, 0.2) is 5.82 Å². The number of pyridine rings is 1. The van der Waals surface area contributed by atoms with Crippen molar-refractivity contribution in [2.24, 2.45) is 0 Å². The van der Waals surface area contributed by atoms with Crippen LogP contribution in [0.1, 0.15) is 12.2 Å². The molecule has 3 aromatic rings. The Labute approximate surface area is 156 Å². The van der Waals surface area contributed by atoms with Crippen LogP contribution < -0.4 is 10.1 Å². The summed E-state index contributed by atoms with van der Waals surface area (Å²) >= 11 is 0. The summed E-state index contributed by atoms with van der Waals surface area (Å²) in [6, 6.07) is 10.9. The molecule has 1 saturated heterocycles. The van der Waals surface area contributed by atoms with Crippen molar-refractivity contribution in [3.05, 3.63) is 54.6 Å². The number of hydrogen-bond acceptors (Lipinski definition) is 6. The molecule has 1 N–H and O–H groups in total. The zero-order valence-electron chi connectivity index (χ0n) is 14.8. The van der Waals surface area contributed by atoms with E-state index >= 15 is 0 Å². The Hall–Kier alpha value is -3.49. The van der Waals surface area contributed by atoms with Crippen LogP contribution >= 0.6 is 0 Å². The molecule has 4 rings (SSSR count). The first kappa shape index (κ1) is 17.0. The van der Waals surface area contributed by atoms with Crippen LogP contribution in [0.4, 0.5) is 10.5 Å². The quantitative estimate of drug-likeness (QED) is 0.760. The van der Waals surface area contributed by atoms with Gasteiger partial charge in [0.25, 0.3) is 0 Å². The summed E-state index contributed by atoms with van der Waals surface area (Å²) in [5.74, 6) is 1.39. The van der Waals surface area contributed by atoms with Crippen molar-refractivity contribution in [1.82, 2.24) is 30.1 Å². The fourth-order valence-electron chi connectivity index (χ4n) is 3.01. The highest BCUT2D eigenvalue weighted by Gasteiger charge is 2.27. The number of aromatic nitrogens is 5. The van der Waals surface area contributed by atoms with Crippen molar-refractivity contribution < 1.29 is 9.53 Å². The maximum Gasteiger partial charge on any atom is 0.321 e. The van der Waals surface area contributed by atoms with Gasteiger partial charge in [-0.15, -0.1) is 5.10 Å². The van der Waals surface area contributed by atoms with Crippen LogP contribution in [0.15, 0.2) is 48.8 Å². The van der Waals surface area contributed by atoms with Crippen molar-refractivity contribution in [1.29, 1.82) is 0 Å². The number of anilines is 1. The summed E-state index contributed by atoms with van der Waals surface area (Å²) in [4.78, 5) is 18.4. The molecule has 2 aromatic heterocycles. The van der Waals surface area contributed by atoms with Crippen LogP contribution in [-0.4, -0.2) is 55.3 Å². The summed E-state index contributed by atoms with van der Waals surface area (Å²) in [6.07, 6.45) is 4.13. The standard InChI is InChI=1S/C18H19N7O2/c1-13-21-22-23-25(13)15-5-2-4-14(10-15)20-18(26)24-9-7-17(12-24)27-16-6-3-8-19-11-16/h2-6,8,10-11,17H,7,9,12H2,1H3,(H,20,26). The van der Waals surface area contributed by atoms with Crippen LogP contribution in [0.3, 0.4) is 0 Å². The molecule has 0 aliphatic carbocycles. The fraction of sp³-hybridized carbons (Fsp3) is 0.278. The number of rotatable bonds is 4. The fourth-order valence-corrected chi connectivity index (χ4v) is 3.01. The van der Waals surface area contributed by atoms with Gasteiger partial charge >= 0.3 is 6.03 Å². The molecule has 27 heavy (non-hydrogen) atoms. The summed E-state index contributed by atoms with van der Waals surface area (Å²) in [7, 11) is 0. The van der Waals surface area contributed by atoms with Crippen molar-refractivity contribution in [3.63, 3.8) is 0 Å². The summed E-state index contributed by atoms with van der Waals surface area (Å²) in [5, 5.41) is 14.4. The number of carbonyl (C=O) groups is 1.